The lowest BCUT2D eigenvalue weighted by atomic mass is 10.1. The summed E-state index contributed by atoms with van der Waals surface area (Å²) >= 11 is 6.34. The molecule has 4 aromatic rings. The van der Waals surface area contributed by atoms with Crippen molar-refractivity contribution < 1.29 is 14.2 Å². The first kappa shape index (κ1) is 20.9. The van der Waals surface area contributed by atoms with Gasteiger partial charge in [-0.05, 0) is 24.3 Å². The van der Waals surface area contributed by atoms with Crippen molar-refractivity contribution in [2.24, 2.45) is 4.99 Å². The van der Waals surface area contributed by atoms with E-state index >= 15 is 0 Å². The number of aliphatic imine (C=N–C) groups is 1. The average molecular weight is 477 g/mol. The molecule has 0 saturated heterocycles. The predicted molar refractivity (Wildman–Crippen MR) is 126 cm³/mol. The third-order valence-electron chi connectivity index (χ3n) is 6.09. The number of methoxy groups -OCH3 is 2. The van der Waals surface area contributed by atoms with E-state index in [0.29, 0.717) is 42.2 Å². The maximum absolute atomic E-state index is 6.34. The number of aromatic nitrogens is 5. The van der Waals surface area contributed by atoms with E-state index in [2.05, 4.69) is 10.2 Å². The number of nitrogens with zero attached hydrogens (tertiary/aromatic N) is 6. The number of benzene rings is 2. The molecule has 172 valence electrons. The zero-order chi connectivity index (χ0) is 23.2. The van der Waals surface area contributed by atoms with Crippen LogP contribution >= 0.6 is 11.6 Å². The van der Waals surface area contributed by atoms with Crippen molar-refractivity contribution >= 4 is 17.5 Å². The Kier molecular flexibility index (Phi) is 5.08. The molecule has 2 aliphatic heterocycles. The molecule has 2 aromatic heterocycles. The highest BCUT2D eigenvalue weighted by molar-refractivity contribution is 6.31. The summed E-state index contributed by atoms with van der Waals surface area (Å²) in [7, 11) is 3.30. The predicted octanol–water partition coefficient (Wildman–Crippen LogP) is 3.82. The van der Waals surface area contributed by atoms with Gasteiger partial charge < -0.3 is 18.8 Å². The summed E-state index contributed by atoms with van der Waals surface area (Å²) in [6, 6.07) is 13.4. The van der Waals surface area contributed by atoms with Gasteiger partial charge in [0.1, 0.15) is 37.0 Å². The number of fused-ring (bicyclic) bond motifs is 5. The Morgan fingerprint density at radius 2 is 2.03 bits per heavy atom. The Labute approximate surface area is 200 Å². The monoisotopic (exact) mass is 476 g/mol. The van der Waals surface area contributed by atoms with Gasteiger partial charge in [0.15, 0.2) is 11.6 Å². The molecular weight excluding hydrogens is 456 g/mol. The van der Waals surface area contributed by atoms with Gasteiger partial charge in [-0.2, -0.15) is 0 Å². The van der Waals surface area contributed by atoms with Crippen LogP contribution in [0, 0.1) is 0 Å². The molecule has 0 saturated carbocycles. The number of imidazole rings is 1. The van der Waals surface area contributed by atoms with E-state index in [1.54, 1.807) is 20.5 Å². The van der Waals surface area contributed by atoms with E-state index in [1.165, 1.54) is 0 Å². The van der Waals surface area contributed by atoms with Crippen molar-refractivity contribution in [3.05, 3.63) is 76.6 Å². The Hall–Kier alpha value is -3.69. The second-order valence-electron chi connectivity index (χ2n) is 8.03. The zero-order valence-electron chi connectivity index (χ0n) is 18.6. The van der Waals surface area contributed by atoms with Gasteiger partial charge in [0, 0.05) is 23.3 Å². The largest absolute Gasteiger partial charge is 0.496 e. The van der Waals surface area contributed by atoms with Crippen LogP contribution in [0.2, 0.25) is 5.02 Å². The molecule has 0 fully saturated rings. The van der Waals surface area contributed by atoms with Crippen LogP contribution in [0.4, 0.5) is 0 Å². The Morgan fingerprint density at radius 1 is 1.15 bits per heavy atom. The maximum atomic E-state index is 6.34. The number of hydrogen-bond acceptors (Lipinski definition) is 7. The number of hydrogen-bond donors (Lipinski definition) is 0. The van der Waals surface area contributed by atoms with Crippen LogP contribution in [-0.4, -0.2) is 51.0 Å². The summed E-state index contributed by atoms with van der Waals surface area (Å²) in [5.41, 5.74) is 4.36. The van der Waals surface area contributed by atoms with Crippen LogP contribution in [0.1, 0.15) is 28.8 Å². The summed E-state index contributed by atoms with van der Waals surface area (Å²) in [4.78, 5) is 9.58. The highest BCUT2D eigenvalue weighted by Crippen LogP contribution is 2.36. The summed E-state index contributed by atoms with van der Waals surface area (Å²) in [6.07, 6.45) is 1.79. The lowest BCUT2D eigenvalue weighted by Gasteiger charge is -2.10. The first-order valence-corrected chi connectivity index (χ1v) is 11.2. The molecule has 0 amide bonds. The molecule has 10 heteroatoms. The van der Waals surface area contributed by atoms with Crippen LogP contribution < -0.4 is 4.74 Å². The minimum Gasteiger partial charge on any atom is -0.496 e. The summed E-state index contributed by atoms with van der Waals surface area (Å²) in [6.45, 7) is 1.23. The molecule has 34 heavy (non-hydrogen) atoms. The third kappa shape index (κ3) is 3.27. The van der Waals surface area contributed by atoms with Gasteiger partial charge in [0.2, 0.25) is 5.90 Å². The Bertz CT molecular complexity index is 1430. The zero-order valence-corrected chi connectivity index (χ0v) is 19.4. The lowest BCUT2D eigenvalue weighted by Crippen LogP contribution is -2.13. The fourth-order valence-corrected chi connectivity index (χ4v) is 4.67. The quantitative estimate of drug-likeness (QED) is 0.383. The van der Waals surface area contributed by atoms with E-state index in [4.69, 9.17) is 35.8 Å². The normalized spacial score (nSPS) is 16.2. The minimum atomic E-state index is -0.171. The Morgan fingerprint density at radius 3 is 2.88 bits per heavy atom. The van der Waals surface area contributed by atoms with Crippen molar-refractivity contribution in [1.29, 1.82) is 0 Å². The molecule has 1 atom stereocenters. The van der Waals surface area contributed by atoms with E-state index in [0.717, 1.165) is 34.1 Å². The second-order valence-corrected chi connectivity index (χ2v) is 8.47. The second kappa shape index (κ2) is 8.27. The number of rotatable bonds is 5. The van der Waals surface area contributed by atoms with Crippen molar-refractivity contribution in [3.63, 3.8) is 0 Å². The molecule has 0 radical (unpaired) electrons. The fraction of sp³-hybridized carbons (Fsp3) is 0.250. The number of halogens is 1. The van der Waals surface area contributed by atoms with Gasteiger partial charge in [-0.1, -0.05) is 29.8 Å². The van der Waals surface area contributed by atoms with Crippen LogP contribution in [0.5, 0.6) is 5.75 Å². The highest BCUT2D eigenvalue weighted by atomic mass is 35.5. The molecule has 0 N–H and O–H groups in total. The Balaban J connectivity index is 1.48. The fourth-order valence-electron chi connectivity index (χ4n) is 4.50. The van der Waals surface area contributed by atoms with Crippen molar-refractivity contribution in [1.82, 2.24) is 24.3 Å². The summed E-state index contributed by atoms with van der Waals surface area (Å²) in [5.74, 6) is 2.73. The first-order valence-electron chi connectivity index (χ1n) is 10.8. The van der Waals surface area contributed by atoms with Crippen LogP contribution in [0.15, 0.2) is 53.8 Å². The maximum Gasteiger partial charge on any atom is 0.238 e. The molecule has 0 spiro atoms. The van der Waals surface area contributed by atoms with Crippen molar-refractivity contribution in [3.8, 4) is 22.8 Å². The van der Waals surface area contributed by atoms with Crippen molar-refractivity contribution in [2.75, 3.05) is 20.8 Å². The van der Waals surface area contributed by atoms with Gasteiger partial charge in [-0.3, -0.25) is 4.57 Å². The highest BCUT2D eigenvalue weighted by Gasteiger charge is 2.31. The molecule has 1 unspecified atom stereocenters. The molecule has 0 aliphatic carbocycles. The standard InChI is InChI=1S/C24H21ClN6O3/c1-32-12-21-28-29-23-16-9-14(25)7-8-18(16)31-13-26-22(19(31)10-30(21)23)24-27-17(11-34-24)15-5-3-4-6-20(15)33-2/h3-9,13,17H,10-12H2,1-2H3. The van der Waals surface area contributed by atoms with Gasteiger partial charge in [0.05, 0.1) is 25.0 Å². The van der Waals surface area contributed by atoms with E-state index in [9.17, 15) is 0 Å². The van der Waals surface area contributed by atoms with Gasteiger partial charge in [-0.25, -0.2) is 9.98 Å². The van der Waals surface area contributed by atoms with E-state index < -0.39 is 0 Å². The SMILES string of the molecule is COCc1nnc2n1Cc1c(C3=NC(c4ccccc4OC)CO3)ncn1-c1ccc(Cl)cc1-2. The molecule has 2 aliphatic rings. The molecule has 2 aromatic carbocycles. The lowest BCUT2D eigenvalue weighted by molar-refractivity contribution is 0.174. The van der Waals surface area contributed by atoms with Gasteiger partial charge >= 0.3 is 0 Å². The summed E-state index contributed by atoms with van der Waals surface area (Å²) < 4.78 is 21.0. The van der Waals surface area contributed by atoms with E-state index in [1.807, 2.05) is 51.6 Å². The van der Waals surface area contributed by atoms with E-state index in [-0.39, 0.29) is 6.04 Å². The minimum absolute atomic E-state index is 0.171. The average Bonchev–Trinajstić information content (AvgIpc) is 3.57. The number of para-hydroxylation sites is 1. The number of ether oxygens (including phenoxy) is 3. The topological polar surface area (TPSA) is 88.6 Å². The van der Waals surface area contributed by atoms with Crippen LogP contribution in [-0.2, 0) is 22.6 Å². The van der Waals surface area contributed by atoms with Crippen LogP contribution in [0.25, 0.3) is 17.1 Å². The van der Waals surface area contributed by atoms with Crippen molar-refractivity contribution in [2.45, 2.75) is 19.2 Å². The molecule has 6 rings (SSSR count). The van der Waals surface area contributed by atoms with Crippen LogP contribution in [0.3, 0.4) is 0 Å². The van der Waals surface area contributed by atoms with Gasteiger partial charge in [-0.15, -0.1) is 10.2 Å². The molecule has 0 bridgehead atoms. The first-order chi connectivity index (χ1) is 16.7. The van der Waals surface area contributed by atoms with Gasteiger partial charge in [0.25, 0.3) is 0 Å². The smallest absolute Gasteiger partial charge is 0.238 e. The third-order valence-corrected chi connectivity index (χ3v) is 6.32. The molecule has 9 nitrogen and oxygen atoms in total. The molecular formula is C24H21ClN6O3. The summed E-state index contributed by atoms with van der Waals surface area (Å²) in [5, 5.41) is 9.42. The molecule has 4 heterocycles.